The van der Waals surface area contributed by atoms with Crippen LogP contribution in [0.5, 0.6) is 0 Å². The van der Waals surface area contributed by atoms with Gasteiger partial charge in [0.25, 0.3) is 0 Å². The number of hydrogen-bond donors (Lipinski definition) is 0. The Morgan fingerprint density at radius 1 is 1.17 bits per heavy atom. The van der Waals surface area contributed by atoms with Crippen molar-refractivity contribution in [2.75, 3.05) is 0 Å². The van der Waals surface area contributed by atoms with Crippen LogP contribution >= 0.6 is 0 Å². The number of carbonyl (C=O) groups is 1. The number of carboxylic acids is 1. The summed E-state index contributed by atoms with van der Waals surface area (Å²) in [5.41, 5.74) is 0. The van der Waals surface area contributed by atoms with Crippen LogP contribution in [0.15, 0.2) is 0 Å². The van der Waals surface area contributed by atoms with Crippen molar-refractivity contribution in [2.24, 2.45) is 17.8 Å². The number of carboxylic acid groups (broad SMARTS) is 1. The van der Waals surface area contributed by atoms with Gasteiger partial charge in [0.15, 0.2) is 0 Å². The Balaban J connectivity index is 0.00000121. The summed E-state index contributed by atoms with van der Waals surface area (Å²) >= 11 is 0. The Hall–Kier alpha value is 0.0674. The molecule has 2 unspecified atom stereocenters. The largest absolute Gasteiger partial charge is 1.00 e. The van der Waals surface area contributed by atoms with Crippen molar-refractivity contribution in [1.82, 2.24) is 0 Å². The molecule has 3 heteroatoms. The van der Waals surface area contributed by atoms with Crippen LogP contribution in [0, 0.1) is 17.8 Å². The quantitative estimate of drug-likeness (QED) is 0.411. The van der Waals surface area contributed by atoms with Gasteiger partial charge in [-0.15, -0.1) is 0 Å². The monoisotopic (exact) mass is 162 g/mol. The van der Waals surface area contributed by atoms with Crippen molar-refractivity contribution < 1.29 is 28.8 Å². The van der Waals surface area contributed by atoms with Gasteiger partial charge in [-0.3, -0.25) is 0 Å². The summed E-state index contributed by atoms with van der Waals surface area (Å²) in [6, 6.07) is 0. The summed E-state index contributed by atoms with van der Waals surface area (Å²) in [6.45, 7) is 4.23. The van der Waals surface area contributed by atoms with Crippen molar-refractivity contribution in [3.63, 3.8) is 0 Å². The van der Waals surface area contributed by atoms with E-state index in [-0.39, 0.29) is 24.8 Å². The van der Waals surface area contributed by atoms with E-state index in [0.29, 0.717) is 11.8 Å². The van der Waals surface area contributed by atoms with E-state index in [0.717, 1.165) is 12.8 Å². The first-order valence-electron chi connectivity index (χ1n) is 4.30. The van der Waals surface area contributed by atoms with E-state index < -0.39 is 5.97 Å². The molecule has 12 heavy (non-hydrogen) atoms. The van der Waals surface area contributed by atoms with Gasteiger partial charge in [-0.05, 0) is 37.0 Å². The van der Waals surface area contributed by atoms with E-state index in [1.54, 1.807) is 0 Å². The second kappa shape index (κ2) is 4.94. The molecule has 0 amide bonds. The molecule has 0 radical (unpaired) electrons. The summed E-state index contributed by atoms with van der Waals surface area (Å²) < 4.78 is 0. The molecule has 1 rings (SSSR count). The fourth-order valence-electron chi connectivity index (χ4n) is 2.14. The molecule has 0 heterocycles. The molecule has 0 N–H and O–H groups in total. The van der Waals surface area contributed by atoms with Crippen molar-refractivity contribution >= 4 is 5.97 Å². The number of carbonyl (C=O) groups excluding carboxylic acids is 1. The van der Waals surface area contributed by atoms with Crippen molar-refractivity contribution in [1.29, 1.82) is 0 Å². The van der Waals surface area contributed by atoms with E-state index in [1.807, 2.05) is 0 Å². The van der Waals surface area contributed by atoms with Gasteiger partial charge in [0.05, 0.1) is 0 Å². The van der Waals surface area contributed by atoms with Crippen molar-refractivity contribution in [2.45, 2.75) is 33.1 Å². The van der Waals surface area contributed by atoms with Crippen LogP contribution in [0.25, 0.3) is 0 Å². The van der Waals surface area contributed by atoms with E-state index in [9.17, 15) is 9.90 Å². The van der Waals surface area contributed by atoms with E-state index in [2.05, 4.69) is 13.8 Å². The predicted octanol–water partition coefficient (Wildman–Crippen LogP) is -2.19. The Kier molecular flexibility index (Phi) is 4.97. The summed E-state index contributed by atoms with van der Waals surface area (Å²) in [6.07, 6.45) is 2.79. The maximum atomic E-state index is 10.5. The molecule has 1 aliphatic rings. The molecule has 1 fully saturated rings. The Labute approximate surface area is 85.9 Å². The molecule has 0 spiro atoms. The Bertz CT molecular complexity index is 149. The molecule has 0 bridgehead atoms. The van der Waals surface area contributed by atoms with E-state index in [1.165, 1.54) is 6.42 Å². The maximum Gasteiger partial charge on any atom is 1.00 e. The number of hydrogen-bond acceptors (Lipinski definition) is 2. The standard InChI is InChI=1S/C9H16O2.Li/c1-6-3-7(2)5-8(4-6)9(10)11;/h6-8H,3-5H2,1-2H3,(H,10,11);/q;+1/p-1. The Morgan fingerprint density at radius 2 is 1.58 bits per heavy atom. The van der Waals surface area contributed by atoms with Crippen LogP contribution in [-0.4, -0.2) is 5.97 Å². The molecule has 0 aromatic rings. The third-order valence-corrected chi connectivity index (χ3v) is 2.51. The van der Waals surface area contributed by atoms with Crippen LogP contribution in [-0.2, 0) is 4.79 Å². The molecule has 1 aliphatic carbocycles. The summed E-state index contributed by atoms with van der Waals surface area (Å²) in [5.74, 6) is 0.0699. The minimum absolute atomic E-state index is 0. The van der Waals surface area contributed by atoms with E-state index in [4.69, 9.17) is 0 Å². The zero-order chi connectivity index (χ0) is 8.43. The van der Waals surface area contributed by atoms with Crippen molar-refractivity contribution in [3.8, 4) is 0 Å². The van der Waals surface area contributed by atoms with Gasteiger partial charge < -0.3 is 9.90 Å². The summed E-state index contributed by atoms with van der Waals surface area (Å²) in [4.78, 5) is 10.5. The molecule has 0 aliphatic heterocycles. The van der Waals surface area contributed by atoms with Crippen LogP contribution in [0.4, 0.5) is 0 Å². The van der Waals surface area contributed by atoms with Crippen molar-refractivity contribution in [3.05, 3.63) is 0 Å². The molecule has 2 atom stereocenters. The molecule has 0 saturated heterocycles. The van der Waals surface area contributed by atoms with Gasteiger partial charge in [0, 0.05) is 5.97 Å². The van der Waals surface area contributed by atoms with E-state index >= 15 is 0 Å². The molecular formula is C9H15LiO2. The first-order valence-corrected chi connectivity index (χ1v) is 4.30. The van der Waals surface area contributed by atoms with Gasteiger partial charge >= 0.3 is 18.9 Å². The predicted molar refractivity (Wildman–Crippen MR) is 40.7 cm³/mol. The SMILES string of the molecule is CC1CC(C)CC(C(=O)[O-])C1.[Li+]. The first kappa shape index (κ1) is 12.1. The van der Waals surface area contributed by atoms with Gasteiger partial charge in [-0.2, -0.15) is 0 Å². The van der Waals surface area contributed by atoms with Gasteiger partial charge in [-0.1, -0.05) is 13.8 Å². The zero-order valence-corrected chi connectivity index (χ0v) is 8.17. The van der Waals surface area contributed by atoms with Gasteiger partial charge in [0.1, 0.15) is 0 Å². The minimum Gasteiger partial charge on any atom is -0.550 e. The molecule has 2 nitrogen and oxygen atoms in total. The normalized spacial score (nSPS) is 35.3. The molecule has 0 aromatic carbocycles. The summed E-state index contributed by atoms with van der Waals surface area (Å²) in [5, 5.41) is 10.5. The number of rotatable bonds is 1. The second-order valence-electron chi connectivity index (χ2n) is 3.93. The fraction of sp³-hybridized carbons (Fsp3) is 0.889. The van der Waals surface area contributed by atoms with Gasteiger partial charge in [0.2, 0.25) is 0 Å². The number of aliphatic carboxylic acids is 1. The average molecular weight is 162 g/mol. The topological polar surface area (TPSA) is 40.1 Å². The average Bonchev–Trinajstić information content (AvgIpc) is 1.85. The Morgan fingerprint density at radius 3 is 1.92 bits per heavy atom. The van der Waals surface area contributed by atoms with Crippen LogP contribution in [0.1, 0.15) is 33.1 Å². The minimum atomic E-state index is -0.858. The van der Waals surface area contributed by atoms with Gasteiger partial charge in [-0.25, -0.2) is 0 Å². The van der Waals surface area contributed by atoms with Crippen LogP contribution in [0.2, 0.25) is 0 Å². The molecule has 1 saturated carbocycles. The van der Waals surface area contributed by atoms with Crippen LogP contribution in [0.3, 0.4) is 0 Å². The summed E-state index contributed by atoms with van der Waals surface area (Å²) in [7, 11) is 0. The third-order valence-electron chi connectivity index (χ3n) is 2.51. The smallest absolute Gasteiger partial charge is 0.550 e. The fourth-order valence-corrected chi connectivity index (χ4v) is 2.14. The molecular weight excluding hydrogens is 147 g/mol. The second-order valence-corrected chi connectivity index (χ2v) is 3.93. The van der Waals surface area contributed by atoms with Crippen LogP contribution < -0.4 is 24.0 Å². The first-order chi connectivity index (χ1) is 5.09. The zero-order valence-electron chi connectivity index (χ0n) is 8.17. The molecule has 0 aromatic heterocycles. The maximum absolute atomic E-state index is 10.5. The third kappa shape index (κ3) is 3.21. The molecule has 64 valence electrons.